The Morgan fingerprint density at radius 1 is 1.62 bits per heavy atom. The number of nitrogens with one attached hydrogen (secondary N) is 1. The Bertz CT molecular complexity index is 263. The number of nitrogens with two attached hydrogens (primary N) is 1. The Balaban J connectivity index is 1.89. The zero-order chi connectivity index (χ0) is 9.10. The lowest BCUT2D eigenvalue weighted by atomic mass is 10.1. The topological polar surface area (TPSA) is 68.8 Å². The molecule has 2 heterocycles. The molecule has 0 saturated carbocycles. The van der Waals surface area contributed by atoms with Gasteiger partial charge in [-0.05, 0) is 19.4 Å². The van der Waals surface area contributed by atoms with Gasteiger partial charge in [0.25, 0.3) is 0 Å². The first-order valence-corrected chi connectivity index (χ1v) is 4.73. The maximum Gasteiger partial charge on any atom is 0.165 e. The molecule has 1 aromatic heterocycles. The van der Waals surface area contributed by atoms with E-state index in [9.17, 15) is 0 Å². The van der Waals surface area contributed by atoms with Gasteiger partial charge in [-0.25, -0.2) is 4.68 Å². The summed E-state index contributed by atoms with van der Waals surface area (Å²) in [6.45, 7) is 2.00. The van der Waals surface area contributed by atoms with Crippen molar-refractivity contribution in [1.29, 1.82) is 0 Å². The quantitative estimate of drug-likeness (QED) is 0.674. The highest BCUT2D eigenvalue weighted by atomic mass is 15.4. The molecule has 1 saturated heterocycles. The lowest BCUT2D eigenvalue weighted by Gasteiger charge is -2.22. The van der Waals surface area contributed by atoms with Crippen LogP contribution in [0.5, 0.6) is 0 Å². The van der Waals surface area contributed by atoms with E-state index in [0.29, 0.717) is 11.9 Å². The van der Waals surface area contributed by atoms with Gasteiger partial charge in [-0.15, -0.1) is 5.10 Å². The smallest absolute Gasteiger partial charge is 0.165 e. The zero-order valence-electron chi connectivity index (χ0n) is 7.61. The molecule has 0 aliphatic carbocycles. The summed E-state index contributed by atoms with van der Waals surface area (Å²) in [5, 5.41) is 11.1. The standard InChI is InChI=1S/C8H15N5/c9-8-6-13(12-11-8)5-7-3-1-2-4-10-7/h6-7,10H,1-5,9H2. The molecule has 5 nitrogen and oxygen atoms in total. The summed E-state index contributed by atoms with van der Waals surface area (Å²) >= 11 is 0. The molecule has 1 aliphatic heterocycles. The molecule has 5 heteroatoms. The minimum Gasteiger partial charge on any atom is -0.381 e. The van der Waals surface area contributed by atoms with Crippen molar-refractivity contribution in [2.45, 2.75) is 31.8 Å². The molecule has 72 valence electrons. The molecular formula is C8H15N5. The summed E-state index contributed by atoms with van der Waals surface area (Å²) in [5.74, 6) is 0.496. The summed E-state index contributed by atoms with van der Waals surface area (Å²) in [7, 11) is 0. The predicted octanol–water partition coefficient (Wildman–Crippen LogP) is 0.00240. The highest BCUT2D eigenvalue weighted by Gasteiger charge is 2.13. The average molecular weight is 181 g/mol. The van der Waals surface area contributed by atoms with Crippen LogP contribution in [0.25, 0.3) is 0 Å². The van der Waals surface area contributed by atoms with E-state index in [-0.39, 0.29) is 0 Å². The normalized spacial score (nSPS) is 23.2. The minimum atomic E-state index is 0.496. The molecule has 1 aromatic rings. The Kier molecular flexibility index (Phi) is 2.44. The van der Waals surface area contributed by atoms with Crippen molar-refractivity contribution in [2.24, 2.45) is 0 Å². The van der Waals surface area contributed by atoms with Gasteiger partial charge in [0.05, 0.1) is 12.7 Å². The van der Waals surface area contributed by atoms with Gasteiger partial charge in [0.1, 0.15) is 0 Å². The first kappa shape index (κ1) is 8.50. The second kappa shape index (κ2) is 3.74. The fourth-order valence-electron chi connectivity index (χ4n) is 1.71. The number of piperidine rings is 1. The third kappa shape index (κ3) is 2.18. The maximum atomic E-state index is 5.47. The third-order valence-corrected chi connectivity index (χ3v) is 2.38. The van der Waals surface area contributed by atoms with Gasteiger partial charge in [-0.1, -0.05) is 11.6 Å². The van der Waals surface area contributed by atoms with Crippen LogP contribution in [0, 0.1) is 0 Å². The number of hydrogen-bond donors (Lipinski definition) is 2. The van der Waals surface area contributed by atoms with Gasteiger partial charge < -0.3 is 11.1 Å². The number of nitrogen functional groups attached to an aromatic ring is 1. The Hall–Kier alpha value is -1.10. The van der Waals surface area contributed by atoms with Gasteiger partial charge in [0.2, 0.25) is 0 Å². The number of nitrogens with zero attached hydrogens (tertiary/aromatic N) is 3. The third-order valence-electron chi connectivity index (χ3n) is 2.38. The molecule has 13 heavy (non-hydrogen) atoms. The number of hydrogen-bond acceptors (Lipinski definition) is 4. The number of anilines is 1. The monoisotopic (exact) mass is 181 g/mol. The highest BCUT2D eigenvalue weighted by Crippen LogP contribution is 2.08. The molecule has 2 rings (SSSR count). The highest BCUT2D eigenvalue weighted by molar-refractivity contribution is 5.19. The number of rotatable bonds is 2. The van der Waals surface area contributed by atoms with E-state index < -0.39 is 0 Å². The van der Waals surface area contributed by atoms with Gasteiger partial charge in [-0.2, -0.15) is 0 Å². The maximum absolute atomic E-state index is 5.47. The molecule has 1 fully saturated rings. The molecule has 3 N–H and O–H groups in total. The first-order chi connectivity index (χ1) is 6.34. The molecule has 1 aliphatic rings. The summed E-state index contributed by atoms with van der Waals surface area (Å²) in [4.78, 5) is 0. The van der Waals surface area contributed by atoms with E-state index in [1.807, 2.05) is 0 Å². The Morgan fingerprint density at radius 2 is 2.54 bits per heavy atom. The lowest BCUT2D eigenvalue weighted by molar-refractivity contribution is 0.348. The second-order valence-corrected chi connectivity index (χ2v) is 3.51. The van der Waals surface area contributed by atoms with E-state index in [1.165, 1.54) is 19.3 Å². The van der Waals surface area contributed by atoms with E-state index in [4.69, 9.17) is 5.73 Å². The van der Waals surface area contributed by atoms with Crippen LogP contribution in [-0.4, -0.2) is 27.6 Å². The Morgan fingerprint density at radius 3 is 3.15 bits per heavy atom. The second-order valence-electron chi connectivity index (χ2n) is 3.51. The SMILES string of the molecule is Nc1cn(CC2CCCCN2)nn1. The van der Waals surface area contributed by atoms with E-state index in [1.54, 1.807) is 10.9 Å². The van der Waals surface area contributed by atoms with Crippen molar-refractivity contribution in [3.63, 3.8) is 0 Å². The summed E-state index contributed by atoms with van der Waals surface area (Å²) in [5.41, 5.74) is 5.47. The van der Waals surface area contributed by atoms with Crippen LogP contribution in [-0.2, 0) is 6.54 Å². The van der Waals surface area contributed by atoms with Crippen molar-refractivity contribution in [3.8, 4) is 0 Å². The van der Waals surface area contributed by atoms with Crippen LogP contribution in [0.4, 0.5) is 5.82 Å². The van der Waals surface area contributed by atoms with Crippen molar-refractivity contribution in [3.05, 3.63) is 6.20 Å². The van der Waals surface area contributed by atoms with Crippen LogP contribution in [0.1, 0.15) is 19.3 Å². The summed E-state index contributed by atoms with van der Waals surface area (Å²) in [6, 6.07) is 0.537. The molecule has 0 bridgehead atoms. The van der Waals surface area contributed by atoms with Crippen molar-refractivity contribution < 1.29 is 0 Å². The predicted molar refractivity (Wildman–Crippen MR) is 50.1 cm³/mol. The molecule has 1 unspecified atom stereocenters. The first-order valence-electron chi connectivity index (χ1n) is 4.73. The van der Waals surface area contributed by atoms with E-state index in [2.05, 4.69) is 15.6 Å². The molecule has 1 atom stereocenters. The van der Waals surface area contributed by atoms with E-state index in [0.717, 1.165) is 13.1 Å². The largest absolute Gasteiger partial charge is 0.381 e. The molecule has 0 spiro atoms. The molecule has 0 radical (unpaired) electrons. The average Bonchev–Trinajstić information content (AvgIpc) is 2.53. The van der Waals surface area contributed by atoms with Crippen molar-refractivity contribution in [2.75, 3.05) is 12.3 Å². The minimum absolute atomic E-state index is 0.496. The Labute approximate surface area is 77.3 Å². The van der Waals surface area contributed by atoms with Crippen LogP contribution in [0.15, 0.2) is 6.20 Å². The van der Waals surface area contributed by atoms with E-state index >= 15 is 0 Å². The van der Waals surface area contributed by atoms with Crippen molar-refractivity contribution >= 4 is 5.82 Å². The van der Waals surface area contributed by atoms with Crippen molar-refractivity contribution in [1.82, 2.24) is 20.3 Å². The summed E-state index contributed by atoms with van der Waals surface area (Å²) in [6.07, 6.45) is 5.59. The van der Waals surface area contributed by atoms with Gasteiger partial charge in [-0.3, -0.25) is 0 Å². The zero-order valence-corrected chi connectivity index (χ0v) is 7.61. The van der Waals surface area contributed by atoms with Gasteiger partial charge >= 0.3 is 0 Å². The fraction of sp³-hybridized carbons (Fsp3) is 0.750. The molecular weight excluding hydrogens is 166 g/mol. The number of aromatic nitrogens is 3. The van der Waals surface area contributed by atoms with Gasteiger partial charge in [0, 0.05) is 6.04 Å². The lowest BCUT2D eigenvalue weighted by Crippen LogP contribution is -2.37. The van der Waals surface area contributed by atoms with Crippen LogP contribution < -0.4 is 11.1 Å². The van der Waals surface area contributed by atoms with Crippen LogP contribution >= 0.6 is 0 Å². The van der Waals surface area contributed by atoms with Gasteiger partial charge in [0.15, 0.2) is 5.82 Å². The molecule has 0 amide bonds. The fourth-order valence-corrected chi connectivity index (χ4v) is 1.71. The van der Waals surface area contributed by atoms with Crippen LogP contribution in [0.2, 0.25) is 0 Å². The molecule has 0 aromatic carbocycles. The van der Waals surface area contributed by atoms with Crippen LogP contribution in [0.3, 0.4) is 0 Å². The summed E-state index contributed by atoms with van der Waals surface area (Å²) < 4.78 is 1.80.